The molecule has 0 aliphatic carbocycles. The van der Waals surface area contributed by atoms with Gasteiger partial charge < -0.3 is 20.1 Å². The van der Waals surface area contributed by atoms with E-state index in [4.69, 9.17) is 4.74 Å². The number of rotatable bonds is 10. The number of nitrogens with zero attached hydrogens (tertiary/aromatic N) is 1. The van der Waals surface area contributed by atoms with Crippen LogP contribution in [-0.4, -0.2) is 59.0 Å². The number of aliphatic hydroxyl groups is 2. The number of ether oxygens (including phenoxy) is 1. The summed E-state index contributed by atoms with van der Waals surface area (Å²) in [4.78, 5) is 4.36. The quantitative estimate of drug-likeness (QED) is 0.345. The third kappa shape index (κ3) is 6.43. The molecule has 37 heavy (non-hydrogen) atoms. The first-order chi connectivity index (χ1) is 17.8. The van der Waals surface area contributed by atoms with Crippen molar-refractivity contribution in [3.63, 3.8) is 0 Å². The summed E-state index contributed by atoms with van der Waals surface area (Å²) < 4.78 is 45.2. The van der Waals surface area contributed by atoms with Crippen LogP contribution in [0.25, 0.3) is 11.6 Å². The smallest absolute Gasteiger partial charge is 0.165 e. The van der Waals surface area contributed by atoms with E-state index >= 15 is 0 Å². The molecule has 3 aromatic rings. The number of para-hydroxylation sites is 1. The van der Waals surface area contributed by atoms with E-state index in [1.54, 1.807) is 60.8 Å². The van der Waals surface area contributed by atoms with Gasteiger partial charge in [0.2, 0.25) is 0 Å². The lowest BCUT2D eigenvalue weighted by Gasteiger charge is -2.20. The Morgan fingerprint density at radius 2 is 1.89 bits per heavy atom. The molecule has 2 aromatic carbocycles. The standard InChI is InChI=1S/C28H28FNO6S/c29-23-15-19(9-11-25(23)32)14-20(24-8-4-5-13-30-24)10-12-26(33)28-21(18-37(34,35)27(28)16-31)17-36-22-6-2-1-3-7-22/h1-9,11,13-15,26-27,31-33H,10,12,16-18H2/b20-14-/t26-,27+/m1/s1. The lowest BCUT2D eigenvalue weighted by molar-refractivity contribution is 0.188. The normalized spacial score (nSPS) is 18.1. The Bertz CT molecular complexity index is 1390. The molecule has 0 spiro atoms. The molecule has 0 saturated carbocycles. The van der Waals surface area contributed by atoms with E-state index in [0.29, 0.717) is 28.2 Å². The van der Waals surface area contributed by atoms with Crippen LogP contribution in [0.5, 0.6) is 11.5 Å². The minimum absolute atomic E-state index is 0.0259. The molecule has 1 aliphatic heterocycles. The first kappa shape index (κ1) is 26.5. The van der Waals surface area contributed by atoms with Gasteiger partial charge >= 0.3 is 0 Å². The summed E-state index contributed by atoms with van der Waals surface area (Å²) in [7, 11) is -3.69. The van der Waals surface area contributed by atoms with E-state index in [2.05, 4.69) is 4.98 Å². The highest BCUT2D eigenvalue weighted by atomic mass is 32.2. The number of sulfone groups is 1. The second-order valence-electron chi connectivity index (χ2n) is 8.79. The first-order valence-electron chi connectivity index (χ1n) is 11.8. The van der Waals surface area contributed by atoms with Gasteiger partial charge in [-0.1, -0.05) is 30.3 Å². The van der Waals surface area contributed by atoms with E-state index in [1.165, 1.54) is 12.1 Å². The number of hydrogen-bond donors (Lipinski definition) is 3. The molecule has 0 unspecified atom stereocenters. The average Bonchev–Trinajstić information content (AvgIpc) is 3.17. The van der Waals surface area contributed by atoms with Gasteiger partial charge in [0.25, 0.3) is 0 Å². The Hall–Kier alpha value is -3.53. The van der Waals surface area contributed by atoms with Gasteiger partial charge in [-0.3, -0.25) is 4.98 Å². The second-order valence-corrected chi connectivity index (χ2v) is 11.0. The van der Waals surface area contributed by atoms with Crippen molar-refractivity contribution in [2.24, 2.45) is 0 Å². The van der Waals surface area contributed by atoms with Crippen molar-refractivity contribution in [1.29, 1.82) is 0 Å². The molecule has 2 atom stereocenters. The highest BCUT2D eigenvalue weighted by Crippen LogP contribution is 2.33. The molecule has 2 heterocycles. The summed E-state index contributed by atoms with van der Waals surface area (Å²) in [5, 5.41) is 29.3. The van der Waals surface area contributed by atoms with Crippen molar-refractivity contribution in [1.82, 2.24) is 4.98 Å². The van der Waals surface area contributed by atoms with Crippen molar-refractivity contribution in [2.75, 3.05) is 19.0 Å². The topological polar surface area (TPSA) is 117 Å². The number of phenolic OH excluding ortho intramolecular Hbond substituents is 1. The summed E-state index contributed by atoms with van der Waals surface area (Å²) >= 11 is 0. The number of hydrogen-bond acceptors (Lipinski definition) is 7. The van der Waals surface area contributed by atoms with Crippen LogP contribution in [0.2, 0.25) is 0 Å². The highest BCUT2D eigenvalue weighted by Gasteiger charge is 2.41. The molecule has 1 aliphatic rings. The number of phenols is 1. The summed E-state index contributed by atoms with van der Waals surface area (Å²) in [5.74, 6) is -0.950. The van der Waals surface area contributed by atoms with E-state index < -0.39 is 39.4 Å². The van der Waals surface area contributed by atoms with Crippen LogP contribution in [0.15, 0.2) is 84.1 Å². The number of aromatic nitrogens is 1. The molecule has 4 rings (SSSR count). The lowest BCUT2D eigenvalue weighted by Crippen LogP contribution is -2.29. The summed E-state index contributed by atoms with van der Waals surface area (Å²) in [5.41, 5.74) is 2.49. The number of benzene rings is 2. The lowest BCUT2D eigenvalue weighted by atomic mass is 9.94. The number of allylic oxidation sites excluding steroid dienone is 1. The Kier molecular flexibility index (Phi) is 8.38. The van der Waals surface area contributed by atoms with Crippen LogP contribution in [-0.2, 0) is 9.84 Å². The van der Waals surface area contributed by atoms with Gasteiger partial charge in [0.05, 0.1) is 24.2 Å². The predicted molar refractivity (Wildman–Crippen MR) is 139 cm³/mol. The molecule has 7 nitrogen and oxygen atoms in total. The van der Waals surface area contributed by atoms with Gasteiger partial charge in [-0.2, -0.15) is 0 Å². The van der Waals surface area contributed by atoms with Crippen molar-refractivity contribution < 1.29 is 32.9 Å². The zero-order valence-electron chi connectivity index (χ0n) is 20.0. The Morgan fingerprint density at radius 3 is 2.57 bits per heavy atom. The minimum atomic E-state index is -3.69. The van der Waals surface area contributed by atoms with E-state index in [0.717, 1.165) is 0 Å². The van der Waals surface area contributed by atoms with Crippen LogP contribution >= 0.6 is 0 Å². The van der Waals surface area contributed by atoms with Gasteiger partial charge in [0.1, 0.15) is 17.6 Å². The zero-order valence-corrected chi connectivity index (χ0v) is 20.8. The van der Waals surface area contributed by atoms with Crippen LogP contribution in [0.4, 0.5) is 4.39 Å². The van der Waals surface area contributed by atoms with Crippen molar-refractivity contribution >= 4 is 21.5 Å². The van der Waals surface area contributed by atoms with E-state index in [1.807, 2.05) is 6.07 Å². The van der Waals surface area contributed by atoms with Crippen LogP contribution in [0, 0.1) is 5.82 Å². The summed E-state index contributed by atoms with van der Waals surface area (Å²) in [6, 6.07) is 18.3. The van der Waals surface area contributed by atoms with Gasteiger partial charge in [-0.15, -0.1) is 0 Å². The fraction of sp³-hybridized carbons (Fsp3) is 0.250. The largest absolute Gasteiger partial charge is 0.505 e. The SMILES string of the molecule is O=S1(=O)CC(COc2ccccc2)=C([C@H](O)CC/C(=C/c2ccc(O)c(F)c2)c2ccccn2)[C@@H]1CO. The number of pyridine rings is 1. The molecule has 0 fully saturated rings. The Balaban J connectivity index is 1.59. The Labute approximate surface area is 215 Å². The molecule has 0 radical (unpaired) electrons. The maximum atomic E-state index is 13.9. The van der Waals surface area contributed by atoms with Gasteiger partial charge in [-0.25, -0.2) is 12.8 Å². The fourth-order valence-electron chi connectivity index (χ4n) is 4.41. The molecular formula is C28H28FNO6S. The molecule has 0 bridgehead atoms. The third-order valence-electron chi connectivity index (χ3n) is 6.24. The number of aliphatic hydroxyl groups excluding tert-OH is 2. The third-order valence-corrected chi connectivity index (χ3v) is 8.26. The van der Waals surface area contributed by atoms with Gasteiger partial charge in [0, 0.05) is 6.20 Å². The molecule has 0 amide bonds. The van der Waals surface area contributed by atoms with Crippen molar-refractivity contribution in [3.8, 4) is 11.5 Å². The summed E-state index contributed by atoms with van der Waals surface area (Å²) in [6.07, 6.45) is 2.59. The van der Waals surface area contributed by atoms with Gasteiger partial charge in [-0.05, 0) is 77.6 Å². The van der Waals surface area contributed by atoms with Gasteiger partial charge in [0.15, 0.2) is 21.4 Å². The second kappa shape index (κ2) is 11.7. The van der Waals surface area contributed by atoms with Crippen LogP contribution in [0.3, 0.4) is 0 Å². The average molecular weight is 526 g/mol. The van der Waals surface area contributed by atoms with Crippen molar-refractivity contribution in [2.45, 2.75) is 24.2 Å². The molecular weight excluding hydrogens is 497 g/mol. The minimum Gasteiger partial charge on any atom is -0.505 e. The van der Waals surface area contributed by atoms with E-state index in [9.17, 15) is 28.1 Å². The van der Waals surface area contributed by atoms with Crippen LogP contribution < -0.4 is 4.74 Å². The number of aromatic hydroxyl groups is 1. The molecule has 9 heteroatoms. The fourth-order valence-corrected chi connectivity index (χ4v) is 6.29. The highest BCUT2D eigenvalue weighted by molar-refractivity contribution is 7.92. The zero-order chi connectivity index (χ0) is 26.4. The number of halogens is 1. The Morgan fingerprint density at radius 1 is 1.14 bits per heavy atom. The van der Waals surface area contributed by atoms with Crippen molar-refractivity contribution in [3.05, 3.63) is 101 Å². The molecule has 194 valence electrons. The molecule has 1 aromatic heterocycles. The van der Waals surface area contributed by atoms with Crippen LogP contribution in [0.1, 0.15) is 24.1 Å². The molecule has 0 saturated heterocycles. The predicted octanol–water partition coefficient (Wildman–Crippen LogP) is 3.77. The maximum absolute atomic E-state index is 13.9. The van der Waals surface area contributed by atoms with E-state index in [-0.39, 0.29) is 30.8 Å². The first-order valence-corrected chi connectivity index (χ1v) is 13.5. The summed E-state index contributed by atoms with van der Waals surface area (Å²) in [6.45, 7) is -0.666. The molecule has 3 N–H and O–H groups in total. The monoisotopic (exact) mass is 525 g/mol. The maximum Gasteiger partial charge on any atom is 0.165 e.